The minimum Gasteiger partial charge on any atom is -0.497 e. The molecule has 2 aromatic rings. The largest absolute Gasteiger partial charge is 0.497 e. The molecule has 0 aliphatic carbocycles. The zero-order chi connectivity index (χ0) is 13.3. The lowest BCUT2D eigenvalue weighted by Crippen LogP contribution is -2.00. The van der Waals surface area contributed by atoms with E-state index in [2.05, 4.69) is 0 Å². The van der Waals surface area contributed by atoms with Gasteiger partial charge in [0.25, 0.3) is 0 Å². The highest BCUT2D eigenvalue weighted by Gasteiger charge is 2.18. The predicted molar refractivity (Wildman–Crippen MR) is 68.8 cm³/mol. The topological polar surface area (TPSA) is 55.0 Å². The van der Waals surface area contributed by atoms with Crippen molar-refractivity contribution < 1.29 is 9.53 Å². The number of carbonyl (C=O) groups excluding carboxylic acids is 1. The third-order valence-electron chi connectivity index (χ3n) is 3.22. The number of nitrogens with zero attached hydrogens (tertiary/aromatic N) is 2. The molecule has 0 unspecified atom stereocenters. The number of Topliss-reactive ketones (excluding diaryl/α,β-unsaturated/α-hetero) is 1. The molecule has 4 nitrogen and oxygen atoms in total. The summed E-state index contributed by atoms with van der Waals surface area (Å²) in [5.74, 6) is 0.563. The first-order valence-corrected chi connectivity index (χ1v) is 5.63. The Kier molecular flexibility index (Phi) is 3.07. The molecule has 0 aliphatic heterocycles. The molecule has 0 spiro atoms. The Morgan fingerprint density at radius 3 is 2.83 bits per heavy atom. The summed E-state index contributed by atoms with van der Waals surface area (Å²) in [5.41, 5.74) is 2.46. The van der Waals surface area contributed by atoms with Crippen molar-refractivity contribution in [3.8, 4) is 11.8 Å². The van der Waals surface area contributed by atoms with Crippen molar-refractivity contribution in [1.82, 2.24) is 4.57 Å². The lowest BCUT2D eigenvalue weighted by molar-refractivity contribution is 0.0998. The van der Waals surface area contributed by atoms with Gasteiger partial charge >= 0.3 is 0 Å². The predicted octanol–water partition coefficient (Wildman–Crippen LogP) is 2.59. The fraction of sp³-hybridized carbons (Fsp3) is 0.286. The fourth-order valence-electron chi connectivity index (χ4n) is 2.19. The number of fused-ring (bicyclic) bond motifs is 1. The minimum absolute atomic E-state index is 0.100. The summed E-state index contributed by atoms with van der Waals surface area (Å²) in [6, 6.07) is 7.53. The summed E-state index contributed by atoms with van der Waals surface area (Å²) in [6.07, 6.45) is -0.100. The van der Waals surface area contributed by atoms with Gasteiger partial charge in [0, 0.05) is 29.2 Å². The molecule has 0 fully saturated rings. The summed E-state index contributed by atoms with van der Waals surface area (Å²) in [6.45, 7) is 1.89. The van der Waals surface area contributed by atoms with Crippen molar-refractivity contribution in [2.75, 3.05) is 7.11 Å². The van der Waals surface area contributed by atoms with Crippen LogP contribution >= 0.6 is 0 Å². The van der Waals surface area contributed by atoms with Gasteiger partial charge in [0.2, 0.25) is 0 Å². The Labute approximate surface area is 105 Å². The van der Waals surface area contributed by atoms with Gasteiger partial charge in [0.1, 0.15) is 5.75 Å². The van der Waals surface area contributed by atoms with Crippen LogP contribution in [0.1, 0.15) is 22.5 Å². The van der Waals surface area contributed by atoms with Crippen molar-refractivity contribution in [2.24, 2.45) is 7.05 Å². The molecule has 0 bridgehead atoms. The van der Waals surface area contributed by atoms with Crippen LogP contribution in [-0.4, -0.2) is 17.5 Å². The monoisotopic (exact) mass is 242 g/mol. The molecule has 1 heterocycles. The van der Waals surface area contributed by atoms with E-state index < -0.39 is 0 Å². The number of aromatic nitrogens is 1. The molecule has 0 N–H and O–H groups in total. The first-order valence-electron chi connectivity index (χ1n) is 5.63. The van der Waals surface area contributed by atoms with Gasteiger partial charge in [-0.3, -0.25) is 4.79 Å². The van der Waals surface area contributed by atoms with Crippen LogP contribution in [0.15, 0.2) is 18.2 Å². The smallest absolute Gasteiger partial charge is 0.179 e. The van der Waals surface area contributed by atoms with Gasteiger partial charge in [0.05, 0.1) is 19.6 Å². The van der Waals surface area contributed by atoms with Crippen LogP contribution < -0.4 is 4.74 Å². The second kappa shape index (κ2) is 4.53. The van der Waals surface area contributed by atoms with Crippen LogP contribution in [0.4, 0.5) is 0 Å². The molecule has 0 radical (unpaired) electrons. The summed E-state index contributed by atoms with van der Waals surface area (Å²) in [4.78, 5) is 12.0. The van der Waals surface area contributed by atoms with E-state index >= 15 is 0 Å². The number of methoxy groups -OCH3 is 1. The molecular weight excluding hydrogens is 228 g/mol. The van der Waals surface area contributed by atoms with Crippen molar-refractivity contribution >= 4 is 16.7 Å². The van der Waals surface area contributed by atoms with Crippen molar-refractivity contribution in [3.63, 3.8) is 0 Å². The first kappa shape index (κ1) is 12.2. The number of aryl methyl sites for hydroxylation is 1. The highest BCUT2D eigenvalue weighted by Crippen LogP contribution is 2.29. The number of carbonyl (C=O) groups is 1. The number of ether oxygens (including phenoxy) is 1. The van der Waals surface area contributed by atoms with E-state index in [0.717, 1.165) is 16.6 Å². The molecule has 0 atom stereocenters. The minimum atomic E-state index is -0.145. The summed E-state index contributed by atoms with van der Waals surface area (Å²) in [7, 11) is 3.50. The molecule has 2 rings (SSSR count). The standard InChI is InChI=1S/C14H14N2O2/c1-9-14(13(17)6-7-15)11-8-10(18-3)4-5-12(11)16(9)2/h4-5,8H,6H2,1-3H3. The fourth-order valence-corrected chi connectivity index (χ4v) is 2.19. The highest BCUT2D eigenvalue weighted by molar-refractivity contribution is 6.10. The molecule has 0 amide bonds. The maximum absolute atomic E-state index is 12.0. The molecular formula is C14H14N2O2. The van der Waals surface area contributed by atoms with Gasteiger partial charge in [-0.25, -0.2) is 0 Å². The molecule has 1 aromatic carbocycles. The normalized spacial score (nSPS) is 10.3. The van der Waals surface area contributed by atoms with Crippen LogP contribution in [0.5, 0.6) is 5.75 Å². The van der Waals surface area contributed by atoms with Crippen molar-refractivity contribution in [1.29, 1.82) is 5.26 Å². The number of rotatable bonds is 3. The van der Waals surface area contributed by atoms with Gasteiger partial charge in [-0.2, -0.15) is 5.26 Å². The number of hydrogen-bond donors (Lipinski definition) is 0. The molecule has 0 saturated heterocycles. The zero-order valence-electron chi connectivity index (χ0n) is 10.7. The maximum Gasteiger partial charge on any atom is 0.179 e. The third-order valence-corrected chi connectivity index (χ3v) is 3.22. The molecule has 4 heteroatoms. The summed E-state index contributed by atoms with van der Waals surface area (Å²) < 4.78 is 7.14. The van der Waals surface area contributed by atoms with Crippen molar-refractivity contribution in [2.45, 2.75) is 13.3 Å². The second-order valence-electron chi connectivity index (χ2n) is 4.16. The van der Waals surface area contributed by atoms with Crippen LogP contribution in [0.25, 0.3) is 10.9 Å². The Bertz CT molecular complexity index is 662. The SMILES string of the molecule is COc1ccc2c(c1)c(C(=O)CC#N)c(C)n2C. The summed E-state index contributed by atoms with van der Waals surface area (Å²) in [5, 5.41) is 9.51. The van der Waals surface area contributed by atoms with Gasteiger partial charge in [-0.1, -0.05) is 0 Å². The van der Waals surface area contributed by atoms with Crippen LogP contribution in [-0.2, 0) is 7.05 Å². The van der Waals surface area contributed by atoms with E-state index in [9.17, 15) is 4.79 Å². The maximum atomic E-state index is 12.0. The Morgan fingerprint density at radius 1 is 1.50 bits per heavy atom. The number of benzene rings is 1. The second-order valence-corrected chi connectivity index (χ2v) is 4.16. The van der Waals surface area contributed by atoms with E-state index in [4.69, 9.17) is 10.00 Å². The average Bonchev–Trinajstić information content (AvgIpc) is 2.62. The molecule has 1 aromatic heterocycles. The summed E-state index contributed by atoms with van der Waals surface area (Å²) >= 11 is 0. The third kappa shape index (κ3) is 1.74. The molecule has 0 aliphatic rings. The van der Waals surface area contributed by atoms with Crippen LogP contribution in [0, 0.1) is 18.3 Å². The Balaban J connectivity index is 2.74. The average molecular weight is 242 g/mol. The number of nitriles is 1. The highest BCUT2D eigenvalue weighted by atomic mass is 16.5. The Morgan fingerprint density at radius 2 is 2.22 bits per heavy atom. The number of hydrogen-bond acceptors (Lipinski definition) is 3. The molecule has 18 heavy (non-hydrogen) atoms. The van der Waals surface area contributed by atoms with E-state index in [1.165, 1.54) is 0 Å². The lowest BCUT2D eigenvalue weighted by atomic mass is 10.0. The number of ketones is 1. The van der Waals surface area contributed by atoms with Crippen LogP contribution in [0.2, 0.25) is 0 Å². The molecule has 92 valence electrons. The van der Waals surface area contributed by atoms with Crippen molar-refractivity contribution in [3.05, 3.63) is 29.5 Å². The van der Waals surface area contributed by atoms with Gasteiger partial charge in [-0.05, 0) is 25.1 Å². The van der Waals surface area contributed by atoms with E-state index in [1.54, 1.807) is 7.11 Å². The lowest BCUT2D eigenvalue weighted by Gasteiger charge is -2.01. The van der Waals surface area contributed by atoms with Gasteiger partial charge < -0.3 is 9.30 Å². The van der Waals surface area contributed by atoms with Crippen LogP contribution in [0.3, 0.4) is 0 Å². The van der Waals surface area contributed by atoms with Gasteiger partial charge in [-0.15, -0.1) is 0 Å². The van der Waals surface area contributed by atoms with E-state index in [-0.39, 0.29) is 12.2 Å². The van der Waals surface area contributed by atoms with E-state index in [1.807, 2.05) is 42.8 Å². The molecule has 0 saturated carbocycles. The quantitative estimate of drug-likeness (QED) is 0.777. The van der Waals surface area contributed by atoms with Gasteiger partial charge in [0.15, 0.2) is 5.78 Å². The Hall–Kier alpha value is -2.28. The zero-order valence-corrected chi connectivity index (χ0v) is 10.7. The first-order chi connectivity index (χ1) is 8.60. The van der Waals surface area contributed by atoms with E-state index in [0.29, 0.717) is 11.3 Å².